The summed E-state index contributed by atoms with van der Waals surface area (Å²) in [6.07, 6.45) is 0.502. The molecule has 0 aliphatic rings. The van der Waals surface area contributed by atoms with Gasteiger partial charge in [-0.25, -0.2) is 4.98 Å². The zero-order chi connectivity index (χ0) is 18.4. The smallest absolute Gasteiger partial charge is 0.227 e. The minimum Gasteiger partial charge on any atom is -0.497 e. The molecule has 0 aliphatic carbocycles. The lowest BCUT2D eigenvalue weighted by atomic mass is 10.1. The molecular weight excluding hydrogens is 350 g/mol. The number of thiazole rings is 1. The van der Waals surface area contributed by atoms with Crippen LogP contribution in [0.3, 0.4) is 0 Å². The molecule has 0 saturated carbocycles. The summed E-state index contributed by atoms with van der Waals surface area (Å²) in [4.78, 5) is 28.3. The van der Waals surface area contributed by atoms with Crippen LogP contribution in [-0.4, -0.2) is 30.5 Å². The van der Waals surface area contributed by atoms with Crippen molar-refractivity contribution >= 4 is 38.5 Å². The number of rotatable bonds is 7. The lowest BCUT2D eigenvalue weighted by Crippen LogP contribution is -2.28. The Kier molecular flexibility index (Phi) is 5.80. The average molecular weight is 369 g/mol. The second-order valence-electron chi connectivity index (χ2n) is 5.66. The maximum absolute atomic E-state index is 12.0. The first-order valence-corrected chi connectivity index (χ1v) is 9.01. The number of fused-ring (bicyclic) bond motifs is 1. The van der Waals surface area contributed by atoms with Gasteiger partial charge >= 0.3 is 0 Å². The number of ether oxygens (including phenoxy) is 1. The van der Waals surface area contributed by atoms with Crippen LogP contribution in [0.15, 0.2) is 48.5 Å². The number of carbonyl (C=O) groups excluding carboxylic acids is 2. The lowest BCUT2D eigenvalue weighted by molar-refractivity contribution is -0.120. The van der Waals surface area contributed by atoms with Crippen LogP contribution in [0.25, 0.3) is 10.2 Å². The van der Waals surface area contributed by atoms with Crippen molar-refractivity contribution in [2.45, 2.75) is 12.8 Å². The molecule has 2 amide bonds. The Morgan fingerprint density at radius 1 is 1.12 bits per heavy atom. The van der Waals surface area contributed by atoms with Gasteiger partial charge in [-0.3, -0.25) is 9.59 Å². The summed E-state index contributed by atoms with van der Waals surface area (Å²) in [6.45, 7) is 0.288. The van der Waals surface area contributed by atoms with Gasteiger partial charge < -0.3 is 15.4 Å². The Balaban J connectivity index is 1.46. The topological polar surface area (TPSA) is 80.3 Å². The summed E-state index contributed by atoms with van der Waals surface area (Å²) >= 11 is 1.39. The highest BCUT2D eigenvalue weighted by Gasteiger charge is 2.09. The molecule has 0 bridgehead atoms. The van der Waals surface area contributed by atoms with E-state index in [1.54, 1.807) is 7.11 Å². The van der Waals surface area contributed by atoms with E-state index in [2.05, 4.69) is 15.6 Å². The first kappa shape index (κ1) is 17.9. The molecule has 1 aromatic heterocycles. The monoisotopic (exact) mass is 369 g/mol. The highest BCUT2D eigenvalue weighted by atomic mass is 32.1. The number of methoxy groups -OCH3 is 1. The summed E-state index contributed by atoms with van der Waals surface area (Å²) in [5.74, 6) is 0.465. The predicted molar refractivity (Wildman–Crippen MR) is 103 cm³/mol. The van der Waals surface area contributed by atoms with Gasteiger partial charge in [0.25, 0.3) is 0 Å². The van der Waals surface area contributed by atoms with E-state index in [1.807, 2.05) is 48.5 Å². The van der Waals surface area contributed by atoms with E-state index in [9.17, 15) is 9.59 Å². The van der Waals surface area contributed by atoms with Crippen molar-refractivity contribution in [1.82, 2.24) is 10.3 Å². The van der Waals surface area contributed by atoms with Crippen LogP contribution in [0.5, 0.6) is 5.75 Å². The molecule has 0 spiro atoms. The quantitative estimate of drug-likeness (QED) is 0.671. The van der Waals surface area contributed by atoms with E-state index < -0.39 is 0 Å². The van der Waals surface area contributed by atoms with Crippen molar-refractivity contribution in [3.05, 3.63) is 54.1 Å². The van der Waals surface area contributed by atoms with Crippen molar-refractivity contribution in [2.75, 3.05) is 19.0 Å². The van der Waals surface area contributed by atoms with Crippen molar-refractivity contribution in [2.24, 2.45) is 0 Å². The Morgan fingerprint density at radius 2 is 1.92 bits per heavy atom. The number of nitrogens with zero attached hydrogens (tertiary/aromatic N) is 1. The zero-order valence-corrected chi connectivity index (χ0v) is 15.1. The van der Waals surface area contributed by atoms with Gasteiger partial charge in [0.1, 0.15) is 5.75 Å². The highest BCUT2D eigenvalue weighted by molar-refractivity contribution is 7.22. The Labute approximate surface area is 155 Å². The van der Waals surface area contributed by atoms with Gasteiger partial charge in [-0.1, -0.05) is 41.7 Å². The molecule has 3 aromatic rings. The fraction of sp³-hybridized carbons (Fsp3) is 0.211. The zero-order valence-electron chi connectivity index (χ0n) is 14.3. The molecule has 3 rings (SSSR count). The number of benzene rings is 2. The van der Waals surface area contributed by atoms with E-state index >= 15 is 0 Å². The van der Waals surface area contributed by atoms with Crippen LogP contribution in [0.1, 0.15) is 12.0 Å². The van der Waals surface area contributed by atoms with Crippen LogP contribution in [0.4, 0.5) is 5.13 Å². The van der Waals surface area contributed by atoms with Crippen LogP contribution in [-0.2, 0) is 16.0 Å². The third-order valence-electron chi connectivity index (χ3n) is 3.72. The van der Waals surface area contributed by atoms with Gasteiger partial charge in [0.15, 0.2) is 5.13 Å². The molecule has 0 radical (unpaired) electrons. The van der Waals surface area contributed by atoms with Crippen molar-refractivity contribution in [3.63, 3.8) is 0 Å². The maximum atomic E-state index is 12.0. The molecule has 2 aromatic carbocycles. The van der Waals surface area contributed by atoms with Gasteiger partial charge in [-0.2, -0.15) is 0 Å². The Bertz CT molecular complexity index is 909. The number of anilines is 1. The molecule has 0 atom stereocenters. The molecular formula is C19H19N3O3S. The summed E-state index contributed by atoms with van der Waals surface area (Å²) in [7, 11) is 1.61. The molecule has 134 valence electrons. The van der Waals surface area contributed by atoms with E-state index in [4.69, 9.17) is 4.74 Å². The number of aromatic nitrogens is 1. The van der Waals surface area contributed by atoms with Gasteiger partial charge in [-0.05, 0) is 23.8 Å². The molecule has 0 saturated heterocycles. The molecule has 2 N–H and O–H groups in total. The average Bonchev–Trinajstić information content (AvgIpc) is 3.03. The lowest BCUT2D eigenvalue weighted by Gasteiger charge is -2.05. The third kappa shape index (κ3) is 4.80. The summed E-state index contributed by atoms with van der Waals surface area (Å²) in [5.41, 5.74) is 1.75. The van der Waals surface area contributed by atoms with E-state index in [0.717, 1.165) is 21.5 Å². The fourth-order valence-electron chi connectivity index (χ4n) is 2.43. The van der Waals surface area contributed by atoms with E-state index in [1.165, 1.54) is 11.3 Å². The van der Waals surface area contributed by atoms with E-state index in [-0.39, 0.29) is 24.8 Å². The third-order valence-corrected chi connectivity index (χ3v) is 4.66. The minimum atomic E-state index is -0.184. The normalized spacial score (nSPS) is 10.5. The standard InChI is InChI=1S/C19H19N3O3S/c1-25-14-7-8-15-16(12-14)26-19(21-15)22-17(23)9-10-20-18(24)11-13-5-3-2-4-6-13/h2-8,12H,9-11H2,1H3,(H,20,24)(H,21,22,23). The Morgan fingerprint density at radius 3 is 2.69 bits per heavy atom. The molecule has 0 fully saturated rings. The Hall–Kier alpha value is -2.93. The molecule has 7 heteroatoms. The van der Waals surface area contributed by atoms with Crippen LogP contribution in [0.2, 0.25) is 0 Å². The predicted octanol–water partition coefficient (Wildman–Crippen LogP) is 2.99. The first-order chi connectivity index (χ1) is 12.6. The molecule has 26 heavy (non-hydrogen) atoms. The molecule has 0 unspecified atom stereocenters. The fourth-order valence-corrected chi connectivity index (χ4v) is 3.34. The SMILES string of the molecule is COc1ccc2nc(NC(=O)CCNC(=O)Cc3ccccc3)sc2c1. The van der Waals surface area contributed by atoms with Gasteiger partial charge in [0.05, 0.1) is 23.7 Å². The largest absolute Gasteiger partial charge is 0.497 e. The summed E-state index contributed by atoms with van der Waals surface area (Å²) in [6, 6.07) is 15.0. The minimum absolute atomic E-state index is 0.101. The maximum Gasteiger partial charge on any atom is 0.227 e. The number of carbonyl (C=O) groups is 2. The second kappa shape index (κ2) is 8.44. The molecule has 0 aliphatic heterocycles. The summed E-state index contributed by atoms with van der Waals surface area (Å²) < 4.78 is 6.12. The van der Waals surface area contributed by atoms with Crippen molar-refractivity contribution in [1.29, 1.82) is 0 Å². The number of hydrogen-bond acceptors (Lipinski definition) is 5. The number of hydrogen-bond donors (Lipinski definition) is 2. The van der Waals surface area contributed by atoms with E-state index in [0.29, 0.717) is 11.6 Å². The number of nitrogens with one attached hydrogen (secondary N) is 2. The second-order valence-corrected chi connectivity index (χ2v) is 6.69. The molecule has 6 nitrogen and oxygen atoms in total. The first-order valence-electron chi connectivity index (χ1n) is 8.19. The summed E-state index contributed by atoms with van der Waals surface area (Å²) in [5, 5.41) is 6.06. The van der Waals surface area contributed by atoms with Crippen LogP contribution in [0, 0.1) is 0 Å². The highest BCUT2D eigenvalue weighted by Crippen LogP contribution is 2.29. The van der Waals surface area contributed by atoms with Gasteiger partial charge in [0, 0.05) is 13.0 Å². The van der Waals surface area contributed by atoms with Gasteiger partial charge in [-0.15, -0.1) is 0 Å². The van der Waals surface area contributed by atoms with Gasteiger partial charge in [0.2, 0.25) is 11.8 Å². The van der Waals surface area contributed by atoms with Crippen molar-refractivity contribution in [3.8, 4) is 5.75 Å². The van der Waals surface area contributed by atoms with Crippen LogP contribution < -0.4 is 15.4 Å². The van der Waals surface area contributed by atoms with Crippen LogP contribution >= 0.6 is 11.3 Å². The van der Waals surface area contributed by atoms with Crippen molar-refractivity contribution < 1.29 is 14.3 Å². The molecule has 1 heterocycles. The number of amides is 2.